The summed E-state index contributed by atoms with van der Waals surface area (Å²) in [5, 5.41) is 13.2. The first kappa shape index (κ1) is 14.2. The maximum Gasteiger partial charge on any atom is 0.255 e. The molecule has 0 aliphatic carbocycles. The number of anilines is 1. The summed E-state index contributed by atoms with van der Waals surface area (Å²) in [6, 6.07) is 15.9. The van der Waals surface area contributed by atoms with Crippen molar-refractivity contribution in [3.05, 3.63) is 70.8 Å². The predicted octanol–water partition coefficient (Wildman–Crippen LogP) is 4.27. The lowest BCUT2D eigenvalue weighted by Gasteiger charge is -2.09. The van der Waals surface area contributed by atoms with Gasteiger partial charge in [-0.2, -0.15) is 0 Å². The Morgan fingerprint density at radius 1 is 1.05 bits per heavy atom. The molecule has 0 saturated carbocycles. The van der Waals surface area contributed by atoms with Crippen molar-refractivity contribution < 1.29 is 9.90 Å². The smallest absolute Gasteiger partial charge is 0.255 e. The van der Waals surface area contributed by atoms with E-state index in [1.807, 2.05) is 6.07 Å². The van der Waals surface area contributed by atoms with Crippen LogP contribution in [0.25, 0.3) is 5.76 Å². The van der Waals surface area contributed by atoms with E-state index in [0.29, 0.717) is 16.3 Å². The third-order valence-electron chi connectivity index (χ3n) is 2.87. The number of rotatable bonds is 3. The van der Waals surface area contributed by atoms with E-state index in [0.717, 1.165) is 0 Å². The molecule has 0 radical (unpaired) electrons. The van der Waals surface area contributed by atoms with Gasteiger partial charge in [0.1, 0.15) is 5.76 Å². The fourth-order valence-corrected chi connectivity index (χ4v) is 1.88. The normalized spacial score (nSPS) is 11.7. The van der Waals surface area contributed by atoms with Crippen LogP contribution < -0.4 is 5.32 Å². The van der Waals surface area contributed by atoms with Gasteiger partial charge in [0.25, 0.3) is 5.91 Å². The van der Waals surface area contributed by atoms with Gasteiger partial charge >= 0.3 is 0 Å². The molecule has 20 heavy (non-hydrogen) atoms. The van der Waals surface area contributed by atoms with E-state index in [1.165, 1.54) is 0 Å². The molecule has 102 valence electrons. The highest BCUT2D eigenvalue weighted by atomic mass is 35.5. The van der Waals surface area contributed by atoms with Gasteiger partial charge in [0.2, 0.25) is 0 Å². The average Bonchev–Trinajstić information content (AvgIpc) is 2.49. The second-order valence-electron chi connectivity index (χ2n) is 4.27. The first-order chi connectivity index (χ1) is 9.59. The Labute approximate surface area is 122 Å². The standard InChI is InChI=1S/C16H14ClNO2/c1-11(15(19)12-7-3-2-4-8-12)16(20)18-14-10-6-5-9-13(14)17/h2-10,19H,1H3,(H,18,20)/b15-11+. The Bertz CT molecular complexity index is 651. The summed E-state index contributed by atoms with van der Waals surface area (Å²) in [5.41, 5.74) is 1.34. The number of carbonyl (C=O) groups is 1. The molecule has 2 rings (SSSR count). The molecule has 0 spiro atoms. The van der Waals surface area contributed by atoms with E-state index in [-0.39, 0.29) is 17.2 Å². The third kappa shape index (κ3) is 3.19. The third-order valence-corrected chi connectivity index (χ3v) is 3.19. The molecule has 0 fully saturated rings. The molecule has 0 unspecified atom stereocenters. The second kappa shape index (κ2) is 6.26. The van der Waals surface area contributed by atoms with Gasteiger partial charge in [-0.1, -0.05) is 54.1 Å². The number of halogens is 1. The number of hydrogen-bond donors (Lipinski definition) is 2. The van der Waals surface area contributed by atoms with Gasteiger partial charge in [0, 0.05) is 5.56 Å². The summed E-state index contributed by atoms with van der Waals surface area (Å²) in [7, 11) is 0. The minimum absolute atomic E-state index is 0.0462. The molecule has 4 heteroatoms. The highest BCUT2D eigenvalue weighted by Crippen LogP contribution is 2.22. The van der Waals surface area contributed by atoms with Gasteiger partial charge in [-0.15, -0.1) is 0 Å². The van der Waals surface area contributed by atoms with E-state index in [1.54, 1.807) is 55.5 Å². The van der Waals surface area contributed by atoms with Crippen molar-refractivity contribution in [1.29, 1.82) is 0 Å². The molecule has 2 N–H and O–H groups in total. The molecule has 0 aliphatic heterocycles. The summed E-state index contributed by atoms with van der Waals surface area (Å²) >= 11 is 5.98. The predicted molar refractivity (Wildman–Crippen MR) is 81.7 cm³/mol. The van der Waals surface area contributed by atoms with Crippen molar-refractivity contribution >= 4 is 29.0 Å². The minimum atomic E-state index is -0.389. The van der Waals surface area contributed by atoms with Crippen LogP contribution in [0.5, 0.6) is 0 Å². The summed E-state index contributed by atoms with van der Waals surface area (Å²) in [5.74, 6) is -0.436. The number of benzene rings is 2. The highest BCUT2D eigenvalue weighted by molar-refractivity contribution is 6.33. The van der Waals surface area contributed by atoms with Crippen molar-refractivity contribution in [3.63, 3.8) is 0 Å². The van der Waals surface area contributed by atoms with E-state index in [9.17, 15) is 9.90 Å². The van der Waals surface area contributed by atoms with Crippen LogP contribution in [0.4, 0.5) is 5.69 Å². The maximum absolute atomic E-state index is 12.1. The quantitative estimate of drug-likeness (QED) is 0.654. The fourth-order valence-electron chi connectivity index (χ4n) is 1.70. The lowest BCUT2D eigenvalue weighted by Crippen LogP contribution is -2.14. The molecule has 0 aromatic heterocycles. The molecule has 0 atom stereocenters. The number of aliphatic hydroxyl groups excluding tert-OH is 1. The molecule has 0 aliphatic rings. The van der Waals surface area contributed by atoms with Crippen LogP contribution in [0.3, 0.4) is 0 Å². The lowest BCUT2D eigenvalue weighted by molar-refractivity contribution is -0.112. The molecule has 1 amide bonds. The number of amides is 1. The zero-order valence-corrected chi connectivity index (χ0v) is 11.7. The lowest BCUT2D eigenvalue weighted by atomic mass is 10.1. The van der Waals surface area contributed by atoms with Crippen molar-refractivity contribution in [2.24, 2.45) is 0 Å². The van der Waals surface area contributed by atoms with E-state index in [4.69, 9.17) is 11.6 Å². The first-order valence-corrected chi connectivity index (χ1v) is 6.48. The minimum Gasteiger partial charge on any atom is -0.507 e. The molecule has 3 nitrogen and oxygen atoms in total. The summed E-state index contributed by atoms with van der Waals surface area (Å²) < 4.78 is 0. The number of nitrogens with one attached hydrogen (secondary N) is 1. The van der Waals surface area contributed by atoms with E-state index >= 15 is 0 Å². The Morgan fingerprint density at radius 3 is 2.30 bits per heavy atom. The number of para-hydroxylation sites is 1. The van der Waals surface area contributed by atoms with Gasteiger partial charge in [-0.3, -0.25) is 4.79 Å². The van der Waals surface area contributed by atoms with Crippen LogP contribution in [0.1, 0.15) is 12.5 Å². The van der Waals surface area contributed by atoms with Gasteiger partial charge in [0.05, 0.1) is 16.3 Å². The Morgan fingerprint density at radius 2 is 1.65 bits per heavy atom. The fraction of sp³-hybridized carbons (Fsp3) is 0.0625. The average molecular weight is 288 g/mol. The zero-order chi connectivity index (χ0) is 14.5. The van der Waals surface area contributed by atoms with Crippen LogP contribution in [0.15, 0.2) is 60.2 Å². The van der Waals surface area contributed by atoms with Crippen LogP contribution in [-0.4, -0.2) is 11.0 Å². The van der Waals surface area contributed by atoms with Gasteiger partial charge in [-0.25, -0.2) is 0 Å². The topological polar surface area (TPSA) is 49.3 Å². The van der Waals surface area contributed by atoms with Crippen molar-refractivity contribution in [2.45, 2.75) is 6.92 Å². The summed E-state index contributed by atoms with van der Waals surface area (Å²) in [6.07, 6.45) is 0. The summed E-state index contributed by atoms with van der Waals surface area (Å²) in [4.78, 5) is 12.1. The Hall–Kier alpha value is -2.26. The molecule has 2 aromatic carbocycles. The molecular formula is C16H14ClNO2. The first-order valence-electron chi connectivity index (χ1n) is 6.10. The van der Waals surface area contributed by atoms with Crippen molar-refractivity contribution in [1.82, 2.24) is 0 Å². The maximum atomic E-state index is 12.1. The summed E-state index contributed by atoms with van der Waals surface area (Å²) in [6.45, 7) is 1.56. The number of carbonyl (C=O) groups excluding carboxylic acids is 1. The van der Waals surface area contributed by atoms with Crippen LogP contribution >= 0.6 is 11.6 Å². The van der Waals surface area contributed by atoms with Crippen molar-refractivity contribution in [3.8, 4) is 0 Å². The second-order valence-corrected chi connectivity index (χ2v) is 4.68. The molecule has 0 bridgehead atoms. The Kier molecular flexibility index (Phi) is 4.43. The monoisotopic (exact) mass is 287 g/mol. The van der Waals surface area contributed by atoms with Gasteiger partial charge in [-0.05, 0) is 19.1 Å². The van der Waals surface area contributed by atoms with E-state index in [2.05, 4.69) is 5.32 Å². The highest BCUT2D eigenvalue weighted by Gasteiger charge is 2.13. The molecule has 0 saturated heterocycles. The van der Waals surface area contributed by atoms with Crippen LogP contribution in [0.2, 0.25) is 5.02 Å². The van der Waals surface area contributed by atoms with Crippen LogP contribution in [-0.2, 0) is 4.79 Å². The molecule has 2 aromatic rings. The number of aliphatic hydroxyl groups is 1. The zero-order valence-electron chi connectivity index (χ0n) is 10.9. The Balaban J connectivity index is 2.23. The van der Waals surface area contributed by atoms with Crippen molar-refractivity contribution in [2.75, 3.05) is 5.32 Å². The molecular weight excluding hydrogens is 274 g/mol. The number of hydrogen-bond acceptors (Lipinski definition) is 2. The largest absolute Gasteiger partial charge is 0.507 e. The van der Waals surface area contributed by atoms with Crippen LogP contribution in [0, 0.1) is 0 Å². The molecule has 0 heterocycles. The SMILES string of the molecule is C/C(C(=O)Nc1ccccc1Cl)=C(\O)c1ccccc1. The van der Waals surface area contributed by atoms with Gasteiger partial charge < -0.3 is 10.4 Å². The van der Waals surface area contributed by atoms with Gasteiger partial charge in [0.15, 0.2) is 0 Å². The van der Waals surface area contributed by atoms with E-state index < -0.39 is 0 Å².